The molecule has 6 heteroatoms. The van der Waals surface area contributed by atoms with E-state index in [4.69, 9.17) is 5.11 Å². The third kappa shape index (κ3) is 4.02. The van der Waals surface area contributed by atoms with Crippen molar-refractivity contribution < 1.29 is 15.0 Å². The summed E-state index contributed by atoms with van der Waals surface area (Å²) in [5, 5.41) is 19.1. The lowest BCUT2D eigenvalue weighted by atomic mass is 10.1. The van der Waals surface area contributed by atoms with E-state index in [1.54, 1.807) is 4.90 Å². The zero-order valence-electron chi connectivity index (χ0n) is 11.2. The van der Waals surface area contributed by atoms with Crippen molar-refractivity contribution in [1.82, 2.24) is 9.80 Å². The Labute approximate surface area is 126 Å². The first kappa shape index (κ1) is 15.4. The van der Waals surface area contributed by atoms with Crippen molar-refractivity contribution in [3.8, 4) is 0 Å². The highest BCUT2D eigenvalue weighted by Gasteiger charge is 2.22. The van der Waals surface area contributed by atoms with Gasteiger partial charge in [-0.3, -0.25) is 9.69 Å². The number of rotatable bonds is 4. The molecular formula is C14H19BrN2O3. The molecule has 0 aromatic heterocycles. The Balaban J connectivity index is 1.85. The number of aliphatic hydroxyl groups is 2. The molecule has 5 nitrogen and oxygen atoms in total. The van der Waals surface area contributed by atoms with E-state index in [-0.39, 0.29) is 5.91 Å². The molecule has 1 unspecified atom stereocenters. The van der Waals surface area contributed by atoms with Crippen LogP contribution in [0.5, 0.6) is 0 Å². The van der Waals surface area contributed by atoms with Gasteiger partial charge in [0, 0.05) is 37.2 Å². The number of hydrogen-bond donors (Lipinski definition) is 2. The minimum absolute atomic E-state index is 0.225. The Hall–Kier alpha value is -0.950. The number of β-amino-alcohol motifs (C(OH)–C–C–N with tert-alkyl or cyclic N) is 1. The Morgan fingerprint density at radius 1 is 1.30 bits per heavy atom. The van der Waals surface area contributed by atoms with Crippen LogP contribution in [0.3, 0.4) is 0 Å². The second kappa shape index (κ2) is 7.17. The molecule has 1 atom stereocenters. The summed E-state index contributed by atoms with van der Waals surface area (Å²) in [6, 6.07) is 7.65. The van der Waals surface area contributed by atoms with Crippen molar-refractivity contribution in [2.24, 2.45) is 0 Å². The monoisotopic (exact) mass is 342 g/mol. The molecule has 1 aliphatic heterocycles. The fourth-order valence-electron chi connectivity index (χ4n) is 2.34. The average molecular weight is 343 g/mol. The largest absolute Gasteiger partial charge is 0.387 e. The Morgan fingerprint density at radius 2 is 2.00 bits per heavy atom. The predicted octanol–water partition coefficient (Wildman–Crippen LogP) is 0.619. The third-order valence-corrected chi connectivity index (χ3v) is 4.02. The summed E-state index contributed by atoms with van der Waals surface area (Å²) in [5.74, 6) is -0.225. The maximum atomic E-state index is 11.4. The zero-order chi connectivity index (χ0) is 14.5. The summed E-state index contributed by atoms with van der Waals surface area (Å²) in [7, 11) is 0. The van der Waals surface area contributed by atoms with Gasteiger partial charge in [-0.1, -0.05) is 28.1 Å². The number of benzene rings is 1. The first-order valence-electron chi connectivity index (χ1n) is 6.64. The fraction of sp³-hybridized carbons (Fsp3) is 0.500. The number of piperazine rings is 1. The first-order valence-corrected chi connectivity index (χ1v) is 7.44. The van der Waals surface area contributed by atoms with E-state index in [0.717, 1.165) is 23.1 Å². The Kier molecular flexibility index (Phi) is 5.54. The number of amides is 1. The van der Waals surface area contributed by atoms with Gasteiger partial charge in [0.2, 0.25) is 5.91 Å². The Morgan fingerprint density at radius 3 is 2.60 bits per heavy atom. The summed E-state index contributed by atoms with van der Waals surface area (Å²) in [4.78, 5) is 15.1. The molecule has 1 amide bonds. The highest BCUT2D eigenvalue weighted by Crippen LogP contribution is 2.19. The molecular weight excluding hydrogens is 324 g/mol. The quantitative estimate of drug-likeness (QED) is 0.841. The van der Waals surface area contributed by atoms with Gasteiger partial charge in [-0.25, -0.2) is 0 Å². The van der Waals surface area contributed by atoms with Crippen LogP contribution in [0.15, 0.2) is 28.7 Å². The van der Waals surface area contributed by atoms with Crippen LogP contribution in [-0.2, 0) is 4.79 Å². The lowest BCUT2D eigenvalue weighted by Gasteiger charge is -2.35. The molecule has 1 aromatic rings. The SMILES string of the molecule is O=C(CO)N1CCN(CC(O)c2cccc(Br)c2)CC1. The van der Waals surface area contributed by atoms with E-state index in [1.165, 1.54) is 0 Å². The zero-order valence-corrected chi connectivity index (χ0v) is 12.8. The lowest BCUT2D eigenvalue weighted by molar-refractivity contribution is -0.136. The highest BCUT2D eigenvalue weighted by molar-refractivity contribution is 9.10. The summed E-state index contributed by atoms with van der Waals surface area (Å²) in [6.45, 7) is 2.76. The smallest absolute Gasteiger partial charge is 0.248 e. The number of halogens is 1. The van der Waals surface area contributed by atoms with Gasteiger partial charge in [0.05, 0.1) is 6.10 Å². The van der Waals surface area contributed by atoms with Gasteiger partial charge in [0.25, 0.3) is 0 Å². The van der Waals surface area contributed by atoms with E-state index in [1.807, 2.05) is 24.3 Å². The van der Waals surface area contributed by atoms with Crippen LogP contribution >= 0.6 is 15.9 Å². The van der Waals surface area contributed by atoms with E-state index in [2.05, 4.69) is 20.8 Å². The van der Waals surface area contributed by atoms with Crippen LogP contribution in [0.1, 0.15) is 11.7 Å². The van der Waals surface area contributed by atoms with Gasteiger partial charge >= 0.3 is 0 Å². The molecule has 0 spiro atoms. The third-order valence-electron chi connectivity index (χ3n) is 3.52. The molecule has 1 aliphatic rings. The molecule has 1 fully saturated rings. The molecule has 2 rings (SSSR count). The van der Waals surface area contributed by atoms with Crippen molar-refractivity contribution in [2.45, 2.75) is 6.10 Å². The minimum atomic E-state index is -0.535. The number of aliphatic hydroxyl groups excluding tert-OH is 2. The van der Waals surface area contributed by atoms with Crippen LogP contribution in [0.2, 0.25) is 0 Å². The second-order valence-electron chi connectivity index (χ2n) is 4.91. The lowest BCUT2D eigenvalue weighted by Crippen LogP contribution is -2.50. The van der Waals surface area contributed by atoms with E-state index >= 15 is 0 Å². The fourth-order valence-corrected chi connectivity index (χ4v) is 2.76. The van der Waals surface area contributed by atoms with Crippen LogP contribution < -0.4 is 0 Å². The number of nitrogens with zero attached hydrogens (tertiary/aromatic N) is 2. The average Bonchev–Trinajstić information content (AvgIpc) is 2.47. The van der Waals surface area contributed by atoms with Crippen LogP contribution in [0.25, 0.3) is 0 Å². The molecule has 1 heterocycles. The minimum Gasteiger partial charge on any atom is -0.387 e. The second-order valence-corrected chi connectivity index (χ2v) is 5.83. The van der Waals surface area contributed by atoms with Gasteiger partial charge in [0.1, 0.15) is 6.61 Å². The van der Waals surface area contributed by atoms with Gasteiger partial charge in [-0.05, 0) is 17.7 Å². The standard InChI is InChI=1S/C14H19BrN2O3/c15-12-3-1-2-11(8-12)13(19)9-16-4-6-17(7-5-16)14(20)10-18/h1-3,8,13,18-19H,4-7,9-10H2. The van der Waals surface area contributed by atoms with Crippen molar-refractivity contribution in [2.75, 3.05) is 39.3 Å². The van der Waals surface area contributed by atoms with Gasteiger partial charge in [-0.2, -0.15) is 0 Å². The summed E-state index contributed by atoms with van der Waals surface area (Å²) in [5.41, 5.74) is 0.883. The van der Waals surface area contributed by atoms with Gasteiger partial charge in [0.15, 0.2) is 0 Å². The molecule has 0 aliphatic carbocycles. The molecule has 0 radical (unpaired) electrons. The van der Waals surface area contributed by atoms with Crippen LogP contribution in [0, 0.1) is 0 Å². The number of carbonyl (C=O) groups excluding carboxylic acids is 1. The van der Waals surface area contributed by atoms with Gasteiger partial charge in [-0.15, -0.1) is 0 Å². The van der Waals surface area contributed by atoms with Crippen molar-refractivity contribution in [3.05, 3.63) is 34.3 Å². The normalized spacial score (nSPS) is 18.1. The maximum Gasteiger partial charge on any atom is 0.248 e. The molecule has 0 bridgehead atoms. The first-order chi connectivity index (χ1) is 9.60. The number of hydrogen-bond acceptors (Lipinski definition) is 4. The summed E-state index contributed by atoms with van der Waals surface area (Å²) in [6.07, 6.45) is -0.535. The number of carbonyl (C=O) groups is 1. The predicted molar refractivity (Wildman–Crippen MR) is 79.2 cm³/mol. The van der Waals surface area contributed by atoms with Gasteiger partial charge < -0.3 is 15.1 Å². The van der Waals surface area contributed by atoms with E-state index in [0.29, 0.717) is 19.6 Å². The molecule has 0 saturated carbocycles. The molecule has 1 saturated heterocycles. The Bertz CT molecular complexity index is 461. The molecule has 2 N–H and O–H groups in total. The van der Waals surface area contributed by atoms with Crippen molar-refractivity contribution in [1.29, 1.82) is 0 Å². The maximum absolute atomic E-state index is 11.4. The molecule has 1 aromatic carbocycles. The summed E-state index contributed by atoms with van der Waals surface area (Å²) < 4.78 is 0.951. The highest BCUT2D eigenvalue weighted by atomic mass is 79.9. The topological polar surface area (TPSA) is 64.0 Å². The molecule has 20 heavy (non-hydrogen) atoms. The molecule has 110 valence electrons. The summed E-state index contributed by atoms with van der Waals surface area (Å²) >= 11 is 3.39. The van der Waals surface area contributed by atoms with Crippen molar-refractivity contribution >= 4 is 21.8 Å². The van der Waals surface area contributed by atoms with Crippen LogP contribution in [0.4, 0.5) is 0 Å². The van der Waals surface area contributed by atoms with Crippen molar-refractivity contribution in [3.63, 3.8) is 0 Å². The van der Waals surface area contributed by atoms with E-state index in [9.17, 15) is 9.90 Å². The van der Waals surface area contributed by atoms with Crippen LogP contribution in [-0.4, -0.2) is 65.3 Å². The van der Waals surface area contributed by atoms with E-state index < -0.39 is 12.7 Å².